The van der Waals surface area contributed by atoms with Gasteiger partial charge < -0.3 is 14.8 Å². The van der Waals surface area contributed by atoms with Crippen molar-refractivity contribution in [1.29, 1.82) is 0 Å². The predicted octanol–water partition coefficient (Wildman–Crippen LogP) is 2.42. The first-order valence-electron chi connectivity index (χ1n) is 6.69. The molecule has 2 aliphatic rings. The van der Waals surface area contributed by atoms with Crippen LogP contribution >= 0.6 is 12.4 Å². The van der Waals surface area contributed by atoms with Crippen molar-refractivity contribution in [3.8, 4) is 11.5 Å². The number of ether oxygens (including phenoxy) is 2. The van der Waals surface area contributed by atoms with Gasteiger partial charge in [0.05, 0.1) is 5.92 Å². The Bertz CT molecular complexity index is 510. The van der Waals surface area contributed by atoms with Gasteiger partial charge in [0.2, 0.25) is 0 Å². The monoisotopic (exact) mass is 295 g/mol. The van der Waals surface area contributed by atoms with Crippen molar-refractivity contribution in [1.82, 2.24) is 5.32 Å². The molecular formula is C15H18ClNO3. The summed E-state index contributed by atoms with van der Waals surface area (Å²) in [6.45, 7) is 2.38. The normalized spacial score (nSPS) is 17.6. The Labute approximate surface area is 124 Å². The number of carbonyl (C=O) groups excluding carboxylic acids is 1. The molecule has 3 rings (SSSR count). The summed E-state index contributed by atoms with van der Waals surface area (Å²) in [5.74, 6) is 1.33. The highest BCUT2D eigenvalue weighted by atomic mass is 35.5. The summed E-state index contributed by atoms with van der Waals surface area (Å²) in [5.41, 5.74) is 0.960. The highest BCUT2D eigenvalue weighted by molar-refractivity contribution is 5.85. The third-order valence-corrected chi connectivity index (χ3v) is 3.50. The molecule has 0 bridgehead atoms. The van der Waals surface area contributed by atoms with Crippen LogP contribution in [0.5, 0.6) is 11.5 Å². The number of nitrogens with one attached hydrogen (secondary N) is 1. The van der Waals surface area contributed by atoms with E-state index in [1.54, 1.807) is 6.07 Å². The maximum atomic E-state index is 12.0. The topological polar surface area (TPSA) is 47.6 Å². The lowest BCUT2D eigenvalue weighted by Crippen LogP contribution is -2.33. The molecule has 1 N–H and O–H groups in total. The lowest BCUT2D eigenvalue weighted by Gasteiger charge is -2.21. The third kappa shape index (κ3) is 3.32. The second kappa shape index (κ2) is 6.77. The first kappa shape index (κ1) is 14.9. The molecule has 5 heteroatoms. The van der Waals surface area contributed by atoms with Crippen LogP contribution in [0, 0.1) is 5.92 Å². The average molecular weight is 296 g/mol. The van der Waals surface area contributed by atoms with Gasteiger partial charge in [0.15, 0.2) is 0 Å². The number of esters is 1. The molecule has 0 aromatic heterocycles. The van der Waals surface area contributed by atoms with Gasteiger partial charge in [0.1, 0.15) is 18.1 Å². The van der Waals surface area contributed by atoms with E-state index in [0.717, 1.165) is 37.2 Å². The molecule has 1 aromatic rings. The van der Waals surface area contributed by atoms with Gasteiger partial charge >= 0.3 is 5.97 Å². The van der Waals surface area contributed by atoms with Crippen molar-refractivity contribution in [2.45, 2.75) is 12.8 Å². The highest BCUT2D eigenvalue weighted by Crippen LogP contribution is 2.28. The van der Waals surface area contributed by atoms with E-state index in [1.807, 2.05) is 24.3 Å². The van der Waals surface area contributed by atoms with E-state index in [1.165, 1.54) is 0 Å². The number of halogens is 1. The van der Waals surface area contributed by atoms with Crippen LogP contribution in [0.25, 0.3) is 6.08 Å². The maximum absolute atomic E-state index is 12.0. The fourth-order valence-electron chi connectivity index (χ4n) is 2.42. The van der Waals surface area contributed by atoms with E-state index >= 15 is 0 Å². The number of benzene rings is 1. The number of piperidine rings is 1. The molecule has 0 saturated carbocycles. The van der Waals surface area contributed by atoms with Gasteiger partial charge in [-0.25, -0.2) is 0 Å². The number of hydrogen-bond donors (Lipinski definition) is 1. The van der Waals surface area contributed by atoms with Gasteiger partial charge in [-0.3, -0.25) is 4.79 Å². The van der Waals surface area contributed by atoms with Crippen molar-refractivity contribution in [2.24, 2.45) is 5.92 Å². The summed E-state index contributed by atoms with van der Waals surface area (Å²) in [6.07, 6.45) is 5.64. The van der Waals surface area contributed by atoms with Crippen LogP contribution in [-0.2, 0) is 4.79 Å². The summed E-state index contributed by atoms with van der Waals surface area (Å²) in [6, 6.07) is 5.49. The third-order valence-electron chi connectivity index (χ3n) is 3.50. The molecule has 108 valence electrons. The van der Waals surface area contributed by atoms with Crippen LogP contribution in [0.4, 0.5) is 0 Å². The largest absolute Gasteiger partial charge is 0.489 e. The zero-order valence-corrected chi connectivity index (χ0v) is 11.9. The minimum absolute atomic E-state index is 0. The first-order valence-corrected chi connectivity index (χ1v) is 6.69. The first-order chi connectivity index (χ1) is 9.33. The maximum Gasteiger partial charge on any atom is 0.314 e. The van der Waals surface area contributed by atoms with Crippen LogP contribution in [0.2, 0.25) is 0 Å². The van der Waals surface area contributed by atoms with Crippen molar-refractivity contribution in [2.75, 3.05) is 19.7 Å². The fourth-order valence-corrected chi connectivity index (χ4v) is 2.42. The molecule has 0 radical (unpaired) electrons. The molecule has 20 heavy (non-hydrogen) atoms. The lowest BCUT2D eigenvalue weighted by atomic mass is 9.98. The second-order valence-electron chi connectivity index (χ2n) is 4.86. The Morgan fingerprint density at radius 2 is 2.10 bits per heavy atom. The number of hydrogen-bond acceptors (Lipinski definition) is 4. The Kier molecular flexibility index (Phi) is 5.04. The molecule has 0 unspecified atom stereocenters. The van der Waals surface area contributed by atoms with E-state index in [4.69, 9.17) is 9.47 Å². The van der Waals surface area contributed by atoms with Gasteiger partial charge in [0.25, 0.3) is 0 Å². The van der Waals surface area contributed by atoms with Crippen LogP contribution in [0.1, 0.15) is 18.4 Å². The van der Waals surface area contributed by atoms with Gasteiger partial charge in [-0.05, 0) is 50.2 Å². The zero-order valence-electron chi connectivity index (χ0n) is 11.1. The van der Waals surface area contributed by atoms with Crippen molar-refractivity contribution in [3.05, 3.63) is 29.8 Å². The summed E-state index contributed by atoms with van der Waals surface area (Å²) < 4.78 is 10.9. The quantitative estimate of drug-likeness (QED) is 0.672. The van der Waals surface area contributed by atoms with Crippen LogP contribution in [-0.4, -0.2) is 25.7 Å². The Morgan fingerprint density at radius 1 is 1.30 bits per heavy atom. The summed E-state index contributed by atoms with van der Waals surface area (Å²) in [4.78, 5) is 12.0. The Balaban J connectivity index is 0.00000147. The highest BCUT2D eigenvalue weighted by Gasteiger charge is 2.23. The average Bonchev–Trinajstić information content (AvgIpc) is 2.48. The number of fused-ring (bicyclic) bond motifs is 1. The smallest absolute Gasteiger partial charge is 0.314 e. The van der Waals surface area contributed by atoms with Gasteiger partial charge in [-0.1, -0.05) is 6.08 Å². The zero-order chi connectivity index (χ0) is 13.1. The Morgan fingerprint density at radius 3 is 2.90 bits per heavy atom. The number of rotatable bonds is 2. The molecule has 0 amide bonds. The molecule has 2 heterocycles. The van der Waals surface area contributed by atoms with Gasteiger partial charge in [-0.15, -0.1) is 12.4 Å². The molecule has 1 saturated heterocycles. The molecule has 0 spiro atoms. The summed E-state index contributed by atoms with van der Waals surface area (Å²) in [7, 11) is 0. The van der Waals surface area contributed by atoms with Gasteiger partial charge in [0, 0.05) is 5.56 Å². The van der Waals surface area contributed by atoms with Crippen LogP contribution in [0.15, 0.2) is 24.3 Å². The van der Waals surface area contributed by atoms with E-state index < -0.39 is 0 Å². The van der Waals surface area contributed by atoms with Crippen LogP contribution in [0.3, 0.4) is 0 Å². The fraction of sp³-hybridized carbons (Fsp3) is 0.400. The molecule has 0 aliphatic carbocycles. The van der Waals surface area contributed by atoms with Gasteiger partial charge in [-0.2, -0.15) is 0 Å². The molecule has 2 aliphatic heterocycles. The van der Waals surface area contributed by atoms with Crippen molar-refractivity contribution in [3.63, 3.8) is 0 Å². The van der Waals surface area contributed by atoms with E-state index in [9.17, 15) is 4.79 Å². The molecule has 0 atom stereocenters. The number of carbonyl (C=O) groups is 1. The van der Waals surface area contributed by atoms with E-state index in [-0.39, 0.29) is 24.3 Å². The van der Waals surface area contributed by atoms with Crippen molar-refractivity contribution >= 4 is 24.5 Å². The predicted molar refractivity (Wildman–Crippen MR) is 79.4 cm³/mol. The summed E-state index contributed by atoms with van der Waals surface area (Å²) >= 11 is 0. The van der Waals surface area contributed by atoms with E-state index in [0.29, 0.717) is 12.4 Å². The molecule has 1 fully saturated rings. The minimum atomic E-state index is -0.123. The molecule has 4 nitrogen and oxygen atoms in total. The van der Waals surface area contributed by atoms with Crippen LogP contribution < -0.4 is 14.8 Å². The minimum Gasteiger partial charge on any atom is -0.489 e. The summed E-state index contributed by atoms with van der Waals surface area (Å²) in [5, 5.41) is 3.24. The molecular weight excluding hydrogens is 278 g/mol. The standard InChI is InChI=1S/C15H17NO3.ClH/c17-15(11-5-7-16-8-6-11)19-13-3-4-14-12(10-13)2-1-9-18-14;/h1-4,10-11,16H,5-9H2;1H. The van der Waals surface area contributed by atoms with Crippen molar-refractivity contribution < 1.29 is 14.3 Å². The second-order valence-corrected chi connectivity index (χ2v) is 4.86. The Hall–Kier alpha value is -1.52. The van der Waals surface area contributed by atoms with E-state index in [2.05, 4.69) is 5.32 Å². The molecule has 1 aromatic carbocycles. The lowest BCUT2D eigenvalue weighted by molar-refractivity contribution is -0.139. The SMILES string of the molecule is Cl.O=C(Oc1ccc2c(c1)C=CCO2)C1CCNCC1.